The van der Waals surface area contributed by atoms with E-state index in [1.807, 2.05) is 27.0 Å². The van der Waals surface area contributed by atoms with E-state index in [4.69, 9.17) is 9.47 Å². The fourth-order valence-corrected chi connectivity index (χ4v) is 2.91. The van der Waals surface area contributed by atoms with E-state index in [1.165, 1.54) is 18.4 Å². The number of aromatic nitrogens is 1. The molecule has 1 saturated carbocycles. The van der Waals surface area contributed by atoms with Crippen LogP contribution in [-0.2, 0) is 4.74 Å². The van der Waals surface area contributed by atoms with Crippen molar-refractivity contribution in [3.63, 3.8) is 0 Å². The van der Waals surface area contributed by atoms with Gasteiger partial charge < -0.3 is 19.3 Å². The minimum Gasteiger partial charge on any atom is -0.493 e. The summed E-state index contributed by atoms with van der Waals surface area (Å²) in [5, 5.41) is 0. The highest BCUT2D eigenvalue weighted by molar-refractivity contribution is 5.68. The van der Waals surface area contributed by atoms with Crippen molar-refractivity contribution < 1.29 is 14.3 Å². The minimum absolute atomic E-state index is 0.244. The average Bonchev–Trinajstić information content (AvgIpc) is 3.38. The molecule has 1 amide bonds. The molecule has 6 nitrogen and oxygen atoms in total. The standard InChI is InChI=1S/C18H27N3O3/c1-18(2,3)24-17(22)21-9-7-20(8-10-21)16-15(23-4)11-14(12-19-16)13-5-6-13/h11-13H,5-10H2,1-4H3. The second-order valence-electron chi connectivity index (χ2n) is 7.52. The maximum absolute atomic E-state index is 12.2. The van der Waals surface area contributed by atoms with Crippen LogP contribution in [0.15, 0.2) is 12.3 Å². The molecule has 3 rings (SSSR count). The molecule has 1 aromatic rings. The molecule has 2 fully saturated rings. The Kier molecular flexibility index (Phi) is 4.56. The number of carbonyl (C=O) groups is 1. The van der Waals surface area contributed by atoms with Gasteiger partial charge in [-0.2, -0.15) is 0 Å². The van der Waals surface area contributed by atoms with Crippen LogP contribution in [0.3, 0.4) is 0 Å². The molecule has 2 aliphatic rings. The second kappa shape index (κ2) is 6.49. The number of amides is 1. The topological polar surface area (TPSA) is 54.9 Å². The Labute approximate surface area is 143 Å². The van der Waals surface area contributed by atoms with Gasteiger partial charge in [-0.3, -0.25) is 0 Å². The molecule has 1 aromatic heterocycles. The van der Waals surface area contributed by atoms with E-state index in [0.29, 0.717) is 19.0 Å². The van der Waals surface area contributed by atoms with Crippen molar-refractivity contribution in [2.45, 2.75) is 45.1 Å². The molecule has 0 aromatic carbocycles. The van der Waals surface area contributed by atoms with E-state index in [-0.39, 0.29) is 6.09 Å². The van der Waals surface area contributed by atoms with Gasteiger partial charge in [0.25, 0.3) is 0 Å². The summed E-state index contributed by atoms with van der Waals surface area (Å²) in [6, 6.07) is 2.11. The van der Waals surface area contributed by atoms with Crippen molar-refractivity contribution >= 4 is 11.9 Å². The molecule has 0 radical (unpaired) electrons. The van der Waals surface area contributed by atoms with Crippen LogP contribution in [0.1, 0.15) is 45.1 Å². The molecule has 2 heterocycles. The molecular formula is C18H27N3O3. The van der Waals surface area contributed by atoms with Gasteiger partial charge in [-0.05, 0) is 51.2 Å². The number of ether oxygens (including phenoxy) is 2. The SMILES string of the molecule is COc1cc(C2CC2)cnc1N1CCN(C(=O)OC(C)(C)C)CC1. The maximum Gasteiger partial charge on any atom is 0.410 e. The monoisotopic (exact) mass is 333 g/mol. The number of hydrogen-bond acceptors (Lipinski definition) is 5. The van der Waals surface area contributed by atoms with Crippen LogP contribution in [0.4, 0.5) is 10.6 Å². The number of rotatable bonds is 3. The number of methoxy groups -OCH3 is 1. The van der Waals surface area contributed by atoms with Crippen molar-refractivity contribution in [2.24, 2.45) is 0 Å². The van der Waals surface area contributed by atoms with Gasteiger partial charge >= 0.3 is 6.09 Å². The smallest absolute Gasteiger partial charge is 0.410 e. The Hall–Kier alpha value is -1.98. The first-order chi connectivity index (χ1) is 11.4. The van der Waals surface area contributed by atoms with Crippen molar-refractivity contribution in [1.29, 1.82) is 0 Å². The van der Waals surface area contributed by atoms with Gasteiger partial charge in [0.05, 0.1) is 7.11 Å². The van der Waals surface area contributed by atoms with E-state index >= 15 is 0 Å². The first kappa shape index (κ1) is 16.9. The fourth-order valence-electron chi connectivity index (χ4n) is 2.91. The average molecular weight is 333 g/mol. The molecular weight excluding hydrogens is 306 g/mol. The van der Waals surface area contributed by atoms with Crippen molar-refractivity contribution in [3.05, 3.63) is 17.8 Å². The van der Waals surface area contributed by atoms with Gasteiger partial charge in [0, 0.05) is 32.4 Å². The van der Waals surface area contributed by atoms with E-state index in [2.05, 4.69) is 16.0 Å². The first-order valence-corrected chi connectivity index (χ1v) is 8.64. The lowest BCUT2D eigenvalue weighted by Gasteiger charge is -2.36. The first-order valence-electron chi connectivity index (χ1n) is 8.64. The highest BCUT2D eigenvalue weighted by atomic mass is 16.6. The molecule has 6 heteroatoms. The van der Waals surface area contributed by atoms with Gasteiger partial charge in [-0.15, -0.1) is 0 Å². The summed E-state index contributed by atoms with van der Waals surface area (Å²) >= 11 is 0. The Morgan fingerprint density at radius 2 is 1.88 bits per heavy atom. The molecule has 0 N–H and O–H groups in total. The number of nitrogens with zero attached hydrogens (tertiary/aromatic N) is 3. The third kappa shape index (κ3) is 3.91. The predicted octanol–water partition coefficient (Wildman–Crippen LogP) is 3.02. The zero-order chi connectivity index (χ0) is 17.3. The van der Waals surface area contributed by atoms with Crippen LogP contribution in [0.25, 0.3) is 0 Å². The maximum atomic E-state index is 12.2. The van der Waals surface area contributed by atoms with Crippen molar-refractivity contribution in [3.8, 4) is 5.75 Å². The summed E-state index contributed by atoms with van der Waals surface area (Å²) < 4.78 is 11.0. The predicted molar refractivity (Wildman–Crippen MR) is 92.8 cm³/mol. The van der Waals surface area contributed by atoms with Crippen LogP contribution in [0.5, 0.6) is 5.75 Å². The molecule has 132 valence electrons. The summed E-state index contributed by atoms with van der Waals surface area (Å²) in [7, 11) is 1.69. The van der Waals surface area contributed by atoms with Gasteiger partial charge in [-0.1, -0.05) is 0 Å². The molecule has 1 saturated heterocycles. The number of hydrogen-bond donors (Lipinski definition) is 0. The highest BCUT2D eigenvalue weighted by Crippen LogP contribution is 2.42. The van der Waals surface area contributed by atoms with Crippen LogP contribution in [0, 0.1) is 0 Å². The van der Waals surface area contributed by atoms with E-state index < -0.39 is 5.60 Å². The molecule has 0 unspecified atom stereocenters. The van der Waals surface area contributed by atoms with Crippen LogP contribution < -0.4 is 9.64 Å². The van der Waals surface area contributed by atoms with E-state index in [9.17, 15) is 4.79 Å². The zero-order valence-corrected chi connectivity index (χ0v) is 15.0. The Morgan fingerprint density at radius 3 is 2.42 bits per heavy atom. The number of pyridine rings is 1. The molecule has 1 aliphatic carbocycles. The lowest BCUT2D eigenvalue weighted by molar-refractivity contribution is 0.0240. The van der Waals surface area contributed by atoms with Crippen molar-refractivity contribution in [1.82, 2.24) is 9.88 Å². The summed E-state index contributed by atoms with van der Waals surface area (Å²) in [4.78, 5) is 20.7. The van der Waals surface area contributed by atoms with Crippen LogP contribution >= 0.6 is 0 Å². The van der Waals surface area contributed by atoms with Gasteiger partial charge in [-0.25, -0.2) is 9.78 Å². The van der Waals surface area contributed by atoms with E-state index in [1.54, 1.807) is 12.0 Å². The van der Waals surface area contributed by atoms with Gasteiger partial charge in [0.15, 0.2) is 11.6 Å². The van der Waals surface area contributed by atoms with Gasteiger partial charge in [0.1, 0.15) is 5.60 Å². The normalized spacial score (nSPS) is 18.5. The Balaban J connectivity index is 1.63. The zero-order valence-electron chi connectivity index (χ0n) is 15.0. The summed E-state index contributed by atoms with van der Waals surface area (Å²) in [5.74, 6) is 2.35. The second-order valence-corrected chi connectivity index (χ2v) is 7.52. The third-order valence-corrected chi connectivity index (χ3v) is 4.35. The van der Waals surface area contributed by atoms with Gasteiger partial charge in [0.2, 0.25) is 0 Å². The minimum atomic E-state index is -0.461. The van der Waals surface area contributed by atoms with Crippen LogP contribution in [-0.4, -0.2) is 54.9 Å². The summed E-state index contributed by atoms with van der Waals surface area (Å²) in [6.07, 6.45) is 4.22. The number of anilines is 1. The highest BCUT2D eigenvalue weighted by Gasteiger charge is 2.29. The Morgan fingerprint density at radius 1 is 1.21 bits per heavy atom. The molecule has 1 aliphatic heterocycles. The molecule has 0 atom stereocenters. The largest absolute Gasteiger partial charge is 0.493 e. The number of carbonyl (C=O) groups excluding carboxylic acids is 1. The fraction of sp³-hybridized carbons (Fsp3) is 0.667. The lowest BCUT2D eigenvalue weighted by atomic mass is 10.2. The van der Waals surface area contributed by atoms with E-state index in [0.717, 1.165) is 24.7 Å². The summed E-state index contributed by atoms with van der Waals surface area (Å²) in [6.45, 7) is 8.37. The molecule has 0 bridgehead atoms. The quantitative estimate of drug-likeness (QED) is 0.851. The van der Waals surface area contributed by atoms with Crippen LogP contribution in [0.2, 0.25) is 0 Å². The van der Waals surface area contributed by atoms with Crippen molar-refractivity contribution in [2.75, 3.05) is 38.2 Å². The molecule has 24 heavy (non-hydrogen) atoms. The summed E-state index contributed by atoms with van der Waals surface area (Å²) in [5.41, 5.74) is 0.806. The number of piperazine rings is 1. The third-order valence-electron chi connectivity index (χ3n) is 4.35. The lowest BCUT2D eigenvalue weighted by Crippen LogP contribution is -2.50. The Bertz CT molecular complexity index is 600. The molecule has 0 spiro atoms.